The SMILES string of the molecule is O=c1[nH]c(P(C2CCCCC2)C2CCCCC2)cc2ccccc12. The Kier molecular flexibility index (Phi) is 5.03. The molecule has 0 unspecified atom stereocenters. The molecule has 4 rings (SSSR count). The summed E-state index contributed by atoms with van der Waals surface area (Å²) in [5.74, 6) is 0. The second kappa shape index (κ2) is 7.40. The fraction of sp³-hybridized carbons (Fsp3) is 0.571. The molecule has 24 heavy (non-hydrogen) atoms. The Morgan fingerprint density at radius 1 is 0.833 bits per heavy atom. The van der Waals surface area contributed by atoms with Crippen LogP contribution in [0.2, 0.25) is 0 Å². The minimum atomic E-state index is -0.237. The van der Waals surface area contributed by atoms with Gasteiger partial charge in [0, 0.05) is 10.8 Å². The predicted molar refractivity (Wildman–Crippen MR) is 105 cm³/mol. The van der Waals surface area contributed by atoms with Crippen molar-refractivity contribution in [2.24, 2.45) is 0 Å². The first kappa shape index (κ1) is 16.3. The Morgan fingerprint density at radius 3 is 2.04 bits per heavy atom. The van der Waals surface area contributed by atoms with Crippen molar-refractivity contribution in [2.75, 3.05) is 0 Å². The molecule has 3 heteroatoms. The average molecular weight is 341 g/mol. The summed E-state index contributed by atoms with van der Waals surface area (Å²) < 4.78 is 0. The van der Waals surface area contributed by atoms with E-state index < -0.39 is 0 Å². The van der Waals surface area contributed by atoms with Crippen LogP contribution in [0, 0.1) is 0 Å². The highest BCUT2D eigenvalue weighted by molar-refractivity contribution is 7.66. The van der Waals surface area contributed by atoms with Gasteiger partial charge in [0.25, 0.3) is 5.56 Å². The van der Waals surface area contributed by atoms with Gasteiger partial charge >= 0.3 is 0 Å². The lowest BCUT2D eigenvalue weighted by molar-refractivity contribution is 0.486. The van der Waals surface area contributed by atoms with Crippen LogP contribution in [0.5, 0.6) is 0 Å². The van der Waals surface area contributed by atoms with E-state index in [0.29, 0.717) is 0 Å². The summed E-state index contributed by atoms with van der Waals surface area (Å²) in [7, 11) is -0.237. The predicted octanol–water partition coefficient (Wildman–Crippen LogP) is 5.30. The zero-order valence-corrected chi connectivity index (χ0v) is 15.4. The molecule has 2 nitrogen and oxygen atoms in total. The maximum atomic E-state index is 12.6. The largest absolute Gasteiger partial charge is 0.322 e. The molecule has 1 heterocycles. The zero-order valence-electron chi connectivity index (χ0n) is 14.5. The third kappa shape index (κ3) is 3.31. The summed E-state index contributed by atoms with van der Waals surface area (Å²) in [5, 5.41) is 1.96. The van der Waals surface area contributed by atoms with Crippen LogP contribution in [0.3, 0.4) is 0 Å². The van der Waals surface area contributed by atoms with Crippen LogP contribution < -0.4 is 11.0 Å². The van der Waals surface area contributed by atoms with E-state index in [-0.39, 0.29) is 13.5 Å². The van der Waals surface area contributed by atoms with Gasteiger partial charge in [0.2, 0.25) is 0 Å². The number of hydrogen-bond donors (Lipinski definition) is 1. The molecule has 0 bridgehead atoms. The Hall–Kier alpha value is -1.14. The van der Waals surface area contributed by atoms with E-state index in [9.17, 15) is 4.79 Å². The van der Waals surface area contributed by atoms with Crippen molar-refractivity contribution in [3.8, 4) is 0 Å². The molecule has 1 N–H and O–H groups in total. The number of pyridine rings is 1. The van der Waals surface area contributed by atoms with E-state index in [1.165, 1.54) is 69.6 Å². The van der Waals surface area contributed by atoms with E-state index >= 15 is 0 Å². The maximum absolute atomic E-state index is 12.6. The number of nitrogens with one attached hydrogen (secondary N) is 1. The van der Waals surface area contributed by atoms with Crippen molar-refractivity contribution < 1.29 is 0 Å². The van der Waals surface area contributed by atoms with E-state index in [4.69, 9.17) is 0 Å². The van der Waals surface area contributed by atoms with Crippen molar-refractivity contribution >= 4 is 24.1 Å². The summed E-state index contributed by atoms with van der Waals surface area (Å²) >= 11 is 0. The first-order valence-corrected chi connectivity index (χ1v) is 11.2. The number of aromatic amines is 1. The number of aromatic nitrogens is 1. The number of fused-ring (bicyclic) bond motifs is 1. The normalized spacial score (nSPS) is 20.7. The fourth-order valence-electron chi connectivity index (χ4n) is 4.75. The second-order valence-corrected chi connectivity index (χ2v) is 10.3. The highest BCUT2D eigenvalue weighted by Gasteiger charge is 2.33. The summed E-state index contributed by atoms with van der Waals surface area (Å²) in [4.78, 5) is 15.9. The van der Waals surface area contributed by atoms with Crippen molar-refractivity contribution in [3.05, 3.63) is 40.7 Å². The third-order valence-electron chi connectivity index (χ3n) is 5.95. The first-order chi connectivity index (χ1) is 11.8. The molecule has 1 aromatic heterocycles. The fourth-order valence-corrected chi connectivity index (χ4v) is 8.49. The molecule has 1 aromatic carbocycles. The van der Waals surface area contributed by atoms with Gasteiger partial charge in [-0.2, -0.15) is 0 Å². The van der Waals surface area contributed by atoms with Crippen LogP contribution in [0.15, 0.2) is 35.1 Å². The molecule has 128 valence electrons. The lowest BCUT2D eigenvalue weighted by Gasteiger charge is -2.38. The van der Waals surface area contributed by atoms with E-state index in [2.05, 4.69) is 23.2 Å². The van der Waals surface area contributed by atoms with Crippen LogP contribution in [-0.4, -0.2) is 16.3 Å². The molecule has 0 spiro atoms. The highest BCUT2D eigenvalue weighted by Crippen LogP contribution is 2.54. The molecule has 2 aliphatic rings. The Morgan fingerprint density at radius 2 is 1.42 bits per heavy atom. The van der Waals surface area contributed by atoms with Crippen molar-refractivity contribution in [2.45, 2.75) is 75.5 Å². The van der Waals surface area contributed by atoms with Crippen LogP contribution in [-0.2, 0) is 0 Å². The molecule has 0 radical (unpaired) electrons. The van der Waals surface area contributed by atoms with Gasteiger partial charge < -0.3 is 4.98 Å². The number of rotatable bonds is 3. The van der Waals surface area contributed by atoms with Crippen LogP contribution in [0.4, 0.5) is 0 Å². The van der Waals surface area contributed by atoms with Crippen molar-refractivity contribution in [1.82, 2.24) is 4.98 Å². The van der Waals surface area contributed by atoms with Gasteiger partial charge in [0.1, 0.15) is 0 Å². The molecule has 0 aliphatic heterocycles. The molecular formula is C21H28NOP. The van der Waals surface area contributed by atoms with Crippen LogP contribution in [0.1, 0.15) is 64.2 Å². The minimum absolute atomic E-state index is 0.113. The third-order valence-corrected chi connectivity index (χ3v) is 9.36. The van der Waals surface area contributed by atoms with Crippen molar-refractivity contribution in [3.63, 3.8) is 0 Å². The molecule has 0 saturated heterocycles. The lowest BCUT2D eigenvalue weighted by atomic mass is 9.99. The molecule has 2 aromatic rings. The molecule has 0 amide bonds. The summed E-state index contributed by atoms with van der Waals surface area (Å²) in [6.07, 6.45) is 13.8. The van der Waals surface area contributed by atoms with E-state index in [1.54, 1.807) is 0 Å². The minimum Gasteiger partial charge on any atom is -0.322 e. The van der Waals surface area contributed by atoms with Gasteiger partial charge in [-0.05, 0) is 54.5 Å². The monoisotopic (exact) mass is 341 g/mol. The average Bonchev–Trinajstić information content (AvgIpc) is 2.64. The topological polar surface area (TPSA) is 32.9 Å². The molecular weight excluding hydrogens is 313 g/mol. The smallest absolute Gasteiger partial charge is 0.256 e. The summed E-state index contributed by atoms with van der Waals surface area (Å²) in [6.45, 7) is 0. The number of H-pyrrole nitrogens is 1. The second-order valence-electron chi connectivity index (χ2n) is 7.56. The number of hydrogen-bond acceptors (Lipinski definition) is 1. The van der Waals surface area contributed by atoms with Gasteiger partial charge in [0.05, 0.1) is 0 Å². The van der Waals surface area contributed by atoms with Gasteiger partial charge in [-0.1, -0.05) is 64.6 Å². The van der Waals surface area contributed by atoms with Gasteiger partial charge in [-0.25, -0.2) is 0 Å². The Balaban J connectivity index is 1.75. The van der Waals surface area contributed by atoms with Crippen molar-refractivity contribution in [1.29, 1.82) is 0 Å². The van der Waals surface area contributed by atoms with Crippen LogP contribution in [0.25, 0.3) is 10.8 Å². The molecule has 0 atom stereocenters. The van der Waals surface area contributed by atoms with E-state index in [0.717, 1.165) is 22.1 Å². The van der Waals surface area contributed by atoms with Crippen LogP contribution >= 0.6 is 7.92 Å². The Labute approximate surface area is 145 Å². The quantitative estimate of drug-likeness (QED) is 0.755. The van der Waals surface area contributed by atoms with Gasteiger partial charge in [0.15, 0.2) is 0 Å². The molecule has 2 fully saturated rings. The van der Waals surface area contributed by atoms with Gasteiger partial charge in [-0.3, -0.25) is 4.79 Å². The molecule has 2 aliphatic carbocycles. The summed E-state index contributed by atoms with van der Waals surface area (Å²) in [6, 6.07) is 10.4. The van der Waals surface area contributed by atoms with Gasteiger partial charge in [-0.15, -0.1) is 0 Å². The molecule has 2 saturated carbocycles. The summed E-state index contributed by atoms with van der Waals surface area (Å²) in [5.41, 5.74) is 3.05. The first-order valence-electron chi connectivity index (χ1n) is 9.73. The Bertz CT molecular complexity index is 723. The highest BCUT2D eigenvalue weighted by atomic mass is 31.1. The number of benzene rings is 1. The maximum Gasteiger partial charge on any atom is 0.256 e. The standard InChI is InChI=1S/C21H28NOP/c23-21-19-14-8-7-9-16(19)15-20(22-21)24(17-10-3-1-4-11-17)18-12-5-2-6-13-18/h7-9,14-15,17-18H,1-6,10-13H2,(H,22,23). The lowest BCUT2D eigenvalue weighted by Crippen LogP contribution is -2.30. The van der Waals surface area contributed by atoms with E-state index in [1.807, 2.05) is 12.1 Å². The zero-order chi connectivity index (χ0) is 16.4.